The smallest absolute Gasteiger partial charge is 0.331 e. The molecule has 0 aromatic heterocycles. The van der Waals surface area contributed by atoms with Crippen LogP contribution in [0.1, 0.15) is 50.3 Å². The Morgan fingerprint density at radius 1 is 1.00 bits per heavy atom. The highest BCUT2D eigenvalue weighted by atomic mass is 16.5. The summed E-state index contributed by atoms with van der Waals surface area (Å²) in [5.41, 5.74) is 4.02. The first-order valence-corrected chi connectivity index (χ1v) is 9.27. The van der Waals surface area contributed by atoms with Crippen molar-refractivity contribution in [2.75, 3.05) is 5.32 Å². The second-order valence-corrected chi connectivity index (χ2v) is 6.77. The molecular weight excluding hydrogens is 338 g/mol. The van der Waals surface area contributed by atoms with E-state index in [2.05, 4.69) is 26.1 Å². The Morgan fingerprint density at radius 3 is 2.19 bits per heavy atom. The first kappa shape index (κ1) is 20.4. The molecule has 2 rings (SSSR count). The fourth-order valence-corrected chi connectivity index (χ4v) is 2.49. The normalized spacial score (nSPS) is 12.2. The van der Waals surface area contributed by atoms with E-state index < -0.39 is 12.1 Å². The Morgan fingerprint density at radius 2 is 1.63 bits per heavy atom. The van der Waals surface area contributed by atoms with Crippen LogP contribution in [0, 0.1) is 0 Å². The highest BCUT2D eigenvalue weighted by molar-refractivity contribution is 5.96. The molecule has 2 aromatic carbocycles. The van der Waals surface area contributed by atoms with Crippen LogP contribution in [0.3, 0.4) is 0 Å². The number of nitrogens with one attached hydrogen (secondary N) is 1. The highest BCUT2D eigenvalue weighted by Crippen LogP contribution is 2.15. The van der Waals surface area contributed by atoms with E-state index in [0.29, 0.717) is 11.6 Å². The summed E-state index contributed by atoms with van der Waals surface area (Å²) in [6.07, 6.45) is 3.08. The fraction of sp³-hybridized carbons (Fsp3) is 0.304. The summed E-state index contributed by atoms with van der Waals surface area (Å²) in [4.78, 5) is 24.1. The van der Waals surface area contributed by atoms with Crippen molar-refractivity contribution in [2.45, 2.75) is 46.1 Å². The number of esters is 1. The number of hydrogen-bond donors (Lipinski definition) is 1. The van der Waals surface area contributed by atoms with Crippen molar-refractivity contribution in [2.24, 2.45) is 0 Å². The molecule has 0 saturated carbocycles. The molecule has 0 spiro atoms. The van der Waals surface area contributed by atoms with Crippen LogP contribution in [0.15, 0.2) is 54.6 Å². The van der Waals surface area contributed by atoms with Crippen molar-refractivity contribution in [1.82, 2.24) is 0 Å². The zero-order chi connectivity index (χ0) is 19.8. The number of ether oxygens (including phenoxy) is 1. The minimum absolute atomic E-state index is 0.359. The monoisotopic (exact) mass is 365 g/mol. The Bertz CT molecular complexity index is 789. The molecule has 1 N–H and O–H groups in total. The number of carbonyl (C=O) groups excluding carboxylic acids is 2. The third-order valence-electron chi connectivity index (χ3n) is 4.31. The van der Waals surface area contributed by atoms with Crippen LogP contribution in [0.5, 0.6) is 0 Å². The van der Waals surface area contributed by atoms with Crippen molar-refractivity contribution in [3.05, 3.63) is 71.3 Å². The molecule has 27 heavy (non-hydrogen) atoms. The number of aryl methyl sites for hydroxylation is 1. The molecule has 142 valence electrons. The van der Waals surface area contributed by atoms with Gasteiger partial charge in [-0.15, -0.1) is 0 Å². The first-order valence-electron chi connectivity index (χ1n) is 9.27. The molecule has 0 aliphatic carbocycles. The second kappa shape index (κ2) is 9.72. The van der Waals surface area contributed by atoms with Crippen molar-refractivity contribution in [1.29, 1.82) is 0 Å². The molecule has 0 bridgehead atoms. The molecule has 1 atom stereocenters. The summed E-state index contributed by atoms with van der Waals surface area (Å²) < 4.78 is 5.18. The molecule has 0 radical (unpaired) electrons. The molecule has 2 aromatic rings. The summed E-state index contributed by atoms with van der Waals surface area (Å²) in [6, 6.07) is 15.6. The number of anilines is 1. The Balaban J connectivity index is 1.86. The molecule has 0 saturated heterocycles. The van der Waals surface area contributed by atoms with E-state index >= 15 is 0 Å². The standard InChI is InChI=1S/C23H27NO3/c1-5-18-8-13-21(14-9-18)24-23(26)17(4)27-22(25)15-10-19-6-11-20(12-7-19)16(2)3/h6-17H,5H2,1-4H3,(H,24,26)/b15-10+/t17-/m0/s1. The van der Waals surface area contributed by atoms with Gasteiger partial charge in [-0.2, -0.15) is 0 Å². The van der Waals surface area contributed by atoms with Crippen molar-refractivity contribution in [3.8, 4) is 0 Å². The average Bonchev–Trinajstić information content (AvgIpc) is 2.67. The van der Waals surface area contributed by atoms with Crippen LogP contribution in [0.2, 0.25) is 0 Å². The quantitative estimate of drug-likeness (QED) is 0.557. The minimum atomic E-state index is -0.878. The Kier molecular flexibility index (Phi) is 7.35. The van der Waals surface area contributed by atoms with Gasteiger partial charge in [-0.25, -0.2) is 4.79 Å². The van der Waals surface area contributed by atoms with Gasteiger partial charge >= 0.3 is 5.97 Å². The SMILES string of the molecule is CCc1ccc(NC(=O)[C@H](C)OC(=O)/C=C/c2ccc(C(C)C)cc2)cc1. The maximum atomic E-state index is 12.2. The van der Waals surface area contributed by atoms with Gasteiger partial charge in [0.05, 0.1) is 0 Å². The zero-order valence-electron chi connectivity index (χ0n) is 16.4. The number of hydrogen-bond acceptors (Lipinski definition) is 3. The van der Waals surface area contributed by atoms with Gasteiger partial charge in [0.15, 0.2) is 6.10 Å². The van der Waals surface area contributed by atoms with Gasteiger partial charge in [0, 0.05) is 11.8 Å². The third-order valence-corrected chi connectivity index (χ3v) is 4.31. The van der Waals surface area contributed by atoms with Crippen LogP contribution in [0.4, 0.5) is 5.69 Å². The molecule has 4 heteroatoms. The summed E-state index contributed by atoms with van der Waals surface area (Å²) in [6.45, 7) is 7.89. The average molecular weight is 365 g/mol. The van der Waals surface area contributed by atoms with Crippen LogP contribution < -0.4 is 5.32 Å². The molecule has 0 fully saturated rings. The summed E-state index contributed by atoms with van der Waals surface area (Å²) in [5.74, 6) is -0.445. The van der Waals surface area contributed by atoms with Gasteiger partial charge in [0.25, 0.3) is 5.91 Å². The lowest BCUT2D eigenvalue weighted by atomic mass is 10.0. The molecule has 1 amide bonds. The van der Waals surface area contributed by atoms with Crippen LogP contribution in [-0.2, 0) is 20.7 Å². The number of amides is 1. The third kappa shape index (κ3) is 6.41. The predicted molar refractivity (Wildman–Crippen MR) is 110 cm³/mol. The highest BCUT2D eigenvalue weighted by Gasteiger charge is 2.16. The van der Waals surface area contributed by atoms with Gasteiger partial charge < -0.3 is 10.1 Å². The fourth-order valence-electron chi connectivity index (χ4n) is 2.49. The lowest BCUT2D eigenvalue weighted by Gasteiger charge is -2.12. The van der Waals surface area contributed by atoms with Gasteiger partial charge in [0.1, 0.15) is 0 Å². The van der Waals surface area contributed by atoms with Crippen molar-refractivity contribution < 1.29 is 14.3 Å². The van der Waals surface area contributed by atoms with Crippen molar-refractivity contribution >= 4 is 23.6 Å². The van der Waals surface area contributed by atoms with Gasteiger partial charge in [-0.1, -0.05) is 57.2 Å². The molecule has 0 unspecified atom stereocenters. The van der Waals surface area contributed by atoms with Gasteiger partial charge in [-0.05, 0) is 54.2 Å². The molecule has 0 heterocycles. The van der Waals surface area contributed by atoms with Crippen molar-refractivity contribution in [3.63, 3.8) is 0 Å². The van der Waals surface area contributed by atoms with Gasteiger partial charge in [-0.3, -0.25) is 4.79 Å². The van der Waals surface area contributed by atoms with E-state index in [1.54, 1.807) is 13.0 Å². The number of carbonyl (C=O) groups is 2. The van der Waals surface area contributed by atoms with Gasteiger partial charge in [0.2, 0.25) is 0 Å². The molecular formula is C23H27NO3. The van der Waals surface area contributed by atoms with E-state index in [9.17, 15) is 9.59 Å². The summed E-state index contributed by atoms with van der Waals surface area (Å²) in [7, 11) is 0. The Labute approximate surface area is 161 Å². The largest absolute Gasteiger partial charge is 0.449 e. The van der Waals surface area contributed by atoms with E-state index in [4.69, 9.17) is 4.74 Å². The number of benzene rings is 2. The zero-order valence-corrected chi connectivity index (χ0v) is 16.4. The molecule has 4 nitrogen and oxygen atoms in total. The van der Waals surface area contributed by atoms with E-state index in [-0.39, 0.29) is 5.91 Å². The lowest BCUT2D eigenvalue weighted by Crippen LogP contribution is -2.29. The summed E-state index contributed by atoms with van der Waals surface area (Å²) >= 11 is 0. The van der Waals surface area contributed by atoms with Crippen LogP contribution in [-0.4, -0.2) is 18.0 Å². The molecule has 0 aliphatic rings. The second-order valence-electron chi connectivity index (χ2n) is 6.77. The van der Waals surface area contributed by atoms with E-state index in [0.717, 1.165) is 12.0 Å². The predicted octanol–water partition coefficient (Wildman–Crippen LogP) is 4.96. The Hall–Kier alpha value is -2.88. The maximum Gasteiger partial charge on any atom is 0.331 e. The first-order chi connectivity index (χ1) is 12.9. The maximum absolute atomic E-state index is 12.2. The number of rotatable bonds is 7. The molecule has 0 aliphatic heterocycles. The lowest BCUT2D eigenvalue weighted by molar-refractivity contribution is -0.148. The van der Waals surface area contributed by atoms with Crippen LogP contribution in [0.25, 0.3) is 6.08 Å². The van der Waals surface area contributed by atoms with Crippen LogP contribution >= 0.6 is 0 Å². The van der Waals surface area contributed by atoms with E-state index in [1.165, 1.54) is 17.2 Å². The topological polar surface area (TPSA) is 55.4 Å². The van der Waals surface area contributed by atoms with E-state index in [1.807, 2.05) is 48.5 Å². The summed E-state index contributed by atoms with van der Waals surface area (Å²) in [5, 5.41) is 2.75. The minimum Gasteiger partial charge on any atom is -0.449 e.